The molecule has 2 heterocycles. The van der Waals surface area contributed by atoms with E-state index in [1.54, 1.807) is 36.4 Å². The first-order valence-electron chi connectivity index (χ1n) is 13.8. The quantitative estimate of drug-likeness (QED) is 0.304. The molecule has 0 aliphatic carbocycles. The van der Waals surface area contributed by atoms with Crippen LogP contribution in [0.4, 0.5) is 14.5 Å². The van der Waals surface area contributed by atoms with Crippen LogP contribution in [0.1, 0.15) is 31.1 Å². The molecule has 0 bridgehead atoms. The molecule has 6 rings (SSSR count). The van der Waals surface area contributed by atoms with E-state index in [2.05, 4.69) is 9.88 Å². The minimum absolute atomic E-state index is 0.0267. The molecular formula is C33H29F2N5O3. The zero-order valence-corrected chi connectivity index (χ0v) is 23.7. The van der Waals surface area contributed by atoms with E-state index >= 15 is 4.39 Å². The summed E-state index contributed by atoms with van der Waals surface area (Å²) in [5.74, 6) is -2.38. The molecule has 1 aliphatic heterocycles. The van der Waals surface area contributed by atoms with Gasteiger partial charge in [0.2, 0.25) is 0 Å². The molecule has 3 N–H and O–H groups in total. The average molecular weight is 582 g/mol. The molecular weight excluding hydrogens is 552 g/mol. The van der Waals surface area contributed by atoms with Crippen molar-refractivity contribution < 1.29 is 23.2 Å². The van der Waals surface area contributed by atoms with Crippen molar-refractivity contribution in [3.8, 4) is 11.1 Å². The number of anilines is 1. The molecule has 43 heavy (non-hydrogen) atoms. The van der Waals surface area contributed by atoms with E-state index in [1.807, 2.05) is 11.9 Å². The van der Waals surface area contributed by atoms with Crippen LogP contribution in [0, 0.1) is 11.6 Å². The van der Waals surface area contributed by atoms with Crippen molar-refractivity contribution in [3.63, 3.8) is 0 Å². The predicted molar refractivity (Wildman–Crippen MR) is 162 cm³/mol. The summed E-state index contributed by atoms with van der Waals surface area (Å²) in [6.07, 6.45) is 0. The van der Waals surface area contributed by atoms with Gasteiger partial charge in [0.05, 0.1) is 16.8 Å². The number of aromatic nitrogens is 1. The van der Waals surface area contributed by atoms with Crippen LogP contribution in [-0.2, 0) is 0 Å². The first kappa shape index (κ1) is 28.0. The highest BCUT2D eigenvalue weighted by atomic mass is 19.1. The van der Waals surface area contributed by atoms with Crippen molar-refractivity contribution >= 4 is 45.2 Å². The van der Waals surface area contributed by atoms with E-state index in [-0.39, 0.29) is 28.3 Å². The summed E-state index contributed by atoms with van der Waals surface area (Å²) in [7, 11) is 3.47. The fourth-order valence-electron chi connectivity index (χ4n) is 5.65. The number of fused-ring (bicyclic) bond motifs is 3. The van der Waals surface area contributed by atoms with Gasteiger partial charge in [0.1, 0.15) is 5.82 Å². The van der Waals surface area contributed by atoms with Gasteiger partial charge in [0.25, 0.3) is 17.7 Å². The van der Waals surface area contributed by atoms with E-state index < -0.39 is 23.4 Å². The molecule has 3 amide bonds. The number of aromatic amines is 1. The highest BCUT2D eigenvalue weighted by Crippen LogP contribution is 2.39. The Balaban J connectivity index is 1.45. The van der Waals surface area contributed by atoms with Crippen LogP contribution in [0.2, 0.25) is 0 Å². The molecule has 5 aromatic rings. The van der Waals surface area contributed by atoms with Crippen LogP contribution in [0.3, 0.4) is 0 Å². The molecule has 4 aromatic carbocycles. The molecule has 1 saturated heterocycles. The van der Waals surface area contributed by atoms with Gasteiger partial charge in [0.15, 0.2) is 5.82 Å². The van der Waals surface area contributed by atoms with Crippen LogP contribution in [-0.4, -0.2) is 72.8 Å². The fourth-order valence-corrected chi connectivity index (χ4v) is 5.65. The Labute approximate surface area is 246 Å². The van der Waals surface area contributed by atoms with Crippen molar-refractivity contribution in [1.82, 2.24) is 14.8 Å². The molecule has 0 atom stereocenters. The molecule has 1 fully saturated rings. The number of likely N-dealkylation sites (N-methyl/N-ethyl adjacent to an activating group) is 1. The fraction of sp³-hybridized carbons (Fsp3) is 0.182. The molecule has 0 radical (unpaired) electrons. The van der Waals surface area contributed by atoms with E-state index in [1.165, 1.54) is 48.3 Å². The lowest BCUT2D eigenvalue weighted by molar-refractivity contribution is 0.0664. The zero-order chi connectivity index (χ0) is 30.4. The summed E-state index contributed by atoms with van der Waals surface area (Å²) in [6, 6.07) is 18.2. The number of hydrogen-bond acceptors (Lipinski definition) is 4. The number of hydrogen-bond donors (Lipinski definition) is 2. The molecule has 0 spiro atoms. The number of amides is 3. The third kappa shape index (κ3) is 4.99. The Bertz CT molecular complexity index is 1910. The van der Waals surface area contributed by atoms with Gasteiger partial charge in [0, 0.05) is 66.2 Å². The van der Waals surface area contributed by atoms with E-state index in [4.69, 9.17) is 5.73 Å². The summed E-state index contributed by atoms with van der Waals surface area (Å²) < 4.78 is 29.6. The lowest BCUT2D eigenvalue weighted by atomic mass is 9.95. The van der Waals surface area contributed by atoms with Gasteiger partial charge in [-0.3, -0.25) is 14.4 Å². The number of nitrogens with two attached hydrogens (primary N) is 1. The van der Waals surface area contributed by atoms with Gasteiger partial charge in [-0.15, -0.1) is 0 Å². The smallest absolute Gasteiger partial charge is 0.258 e. The maximum Gasteiger partial charge on any atom is 0.258 e. The summed E-state index contributed by atoms with van der Waals surface area (Å²) in [5, 5.41) is 1.25. The van der Waals surface area contributed by atoms with Gasteiger partial charge in [-0.2, -0.15) is 0 Å². The van der Waals surface area contributed by atoms with Crippen molar-refractivity contribution in [2.24, 2.45) is 5.73 Å². The first-order valence-corrected chi connectivity index (χ1v) is 13.8. The summed E-state index contributed by atoms with van der Waals surface area (Å²) in [6.45, 7) is 2.84. The number of halogens is 2. The average Bonchev–Trinajstić information content (AvgIpc) is 3.39. The maximum atomic E-state index is 16.2. The first-order chi connectivity index (χ1) is 20.6. The maximum absolute atomic E-state index is 16.2. The number of primary amides is 1. The lowest BCUT2D eigenvalue weighted by Crippen LogP contribution is -2.47. The van der Waals surface area contributed by atoms with Gasteiger partial charge >= 0.3 is 0 Å². The molecule has 218 valence electrons. The number of carbonyl (C=O) groups excluding carboxylic acids is 3. The Hall–Kier alpha value is -5.09. The third-order valence-electron chi connectivity index (χ3n) is 8.08. The Morgan fingerprint density at radius 2 is 1.56 bits per heavy atom. The SMILES string of the molecule is CN1CCN(C(=O)c2ccc3c(c2)[nH]c2c(C(N)=O)ccc(-c4cccc(N(C)C(=O)c5ccc(F)cc5)c4F)c23)CC1. The number of carbonyl (C=O) groups is 3. The zero-order valence-electron chi connectivity index (χ0n) is 23.7. The minimum atomic E-state index is -0.657. The Morgan fingerprint density at radius 3 is 2.26 bits per heavy atom. The molecule has 0 saturated carbocycles. The van der Waals surface area contributed by atoms with Crippen LogP contribution in [0.15, 0.2) is 72.8 Å². The van der Waals surface area contributed by atoms with Crippen LogP contribution >= 0.6 is 0 Å². The standard InChI is InChI=1S/C33H29F2N5O3/c1-38-14-16-40(17-15-38)33(43)20-8-11-24-26(18-20)37-30-25(31(36)41)13-12-22(28(24)30)23-4-3-5-27(29(23)35)39(2)32(42)19-6-9-21(34)10-7-19/h3-13,18,37H,14-17H2,1-2H3,(H2,36,41). The molecule has 8 nitrogen and oxygen atoms in total. The third-order valence-corrected chi connectivity index (χ3v) is 8.08. The number of nitrogens with zero attached hydrogens (tertiary/aromatic N) is 3. The largest absolute Gasteiger partial charge is 0.366 e. The van der Waals surface area contributed by atoms with Crippen molar-refractivity contribution in [1.29, 1.82) is 0 Å². The van der Waals surface area contributed by atoms with Gasteiger partial charge in [-0.25, -0.2) is 8.78 Å². The van der Waals surface area contributed by atoms with Crippen molar-refractivity contribution in [2.45, 2.75) is 0 Å². The monoisotopic (exact) mass is 581 g/mol. The highest BCUT2D eigenvalue weighted by molar-refractivity contribution is 6.20. The molecule has 0 unspecified atom stereocenters. The summed E-state index contributed by atoms with van der Waals surface area (Å²) in [5.41, 5.74) is 8.37. The number of nitrogens with one attached hydrogen (secondary N) is 1. The minimum Gasteiger partial charge on any atom is -0.366 e. The number of H-pyrrole nitrogens is 1. The second-order valence-corrected chi connectivity index (χ2v) is 10.8. The predicted octanol–water partition coefficient (Wildman–Crippen LogP) is 5.03. The summed E-state index contributed by atoms with van der Waals surface area (Å²) in [4.78, 5) is 47.1. The Kier molecular flexibility index (Phi) is 7.15. The number of rotatable bonds is 5. The summed E-state index contributed by atoms with van der Waals surface area (Å²) >= 11 is 0. The van der Waals surface area contributed by atoms with E-state index in [9.17, 15) is 18.8 Å². The van der Waals surface area contributed by atoms with Gasteiger partial charge in [-0.1, -0.05) is 24.3 Å². The highest BCUT2D eigenvalue weighted by Gasteiger charge is 2.24. The van der Waals surface area contributed by atoms with E-state index in [0.717, 1.165) is 13.1 Å². The van der Waals surface area contributed by atoms with Crippen LogP contribution in [0.25, 0.3) is 32.9 Å². The van der Waals surface area contributed by atoms with Crippen molar-refractivity contribution in [2.75, 3.05) is 45.2 Å². The molecule has 1 aliphatic rings. The van der Waals surface area contributed by atoms with Crippen molar-refractivity contribution in [3.05, 3.63) is 101 Å². The van der Waals surface area contributed by atoms with E-state index in [0.29, 0.717) is 46.0 Å². The Morgan fingerprint density at radius 1 is 0.860 bits per heavy atom. The second kappa shape index (κ2) is 11.0. The number of piperazine rings is 1. The molecule has 1 aromatic heterocycles. The normalized spacial score (nSPS) is 13.9. The van der Waals surface area contributed by atoms with Gasteiger partial charge in [-0.05, 0) is 61.1 Å². The molecule has 10 heteroatoms. The van der Waals surface area contributed by atoms with Crippen LogP contribution in [0.5, 0.6) is 0 Å². The topological polar surface area (TPSA) is 103 Å². The lowest BCUT2D eigenvalue weighted by Gasteiger charge is -2.32. The van der Waals surface area contributed by atoms with Gasteiger partial charge < -0.3 is 25.4 Å². The number of benzene rings is 4. The van der Waals surface area contributed by atoms with Crippen LogP contribution < -0.4 is 10.6 Å². The second-order valence-electron chi connectivity index (χ2n) is 10.8.